The van der Waals surface area contributed by atoms with Crippen molar-refractivity contribution in [2.24, 2.45) is 5.92 Å². The third-order valence-corrected chi connectivity index (χ3v) is 5.52. The SMILES string of the molecule is CC(NC(=O)C1CCCC1)C(=O)Nc1nnc(Cc2ccc([N+](=O)[O-])cc2)s1. The predicted octanol–water partition coefficient (Wildman–Crippen LogP) is 2.67. The van der Waals surface area contributed by atoms with E-state index in [4.69, 9.17) is 0 Å². The van der Waals surface area contributed by atoms with Gasteiger partial charge in [-0.15, -0.1) is 10.2 Å². The van der Waals surface area contributed by atoms with Crippen molar-refractivity contribution in [3.05, 3.63) is 45.0 Å². The number of rotatable bonds is 7. The zero-order valence-corrected chi connectivity index (χ0v) is 16.2. The quantitative estimate of drug-likeness (QED) is 0.540. The maximum absolute atomic E-state index is 12.3. The smallest absolute Gasteiger partial charge is 0.269 e. The van der Waals surface area contributed by atoms with Crippen LogP contribution >= 0.6 is 11.3 Å². The minimum atomic E-state index is -0.657. The fourth-order valence-corrected chi connectivity index (χ4v) is 3.86. The number of amides is 2. The molecule has 2 N–H and O–H groups in total. The molecule has 0 aliphatic heterocycles. The highest BCUT2D eigenvalue weighted by Crippen LogP contribution is 2.25. The Morgan fingerprint density at radius 3 is 2.57 bits per heavy atom. The summed E-state index contributed by atoms with van der Waals surface area (Å²) < 4.78 is 0. The largest absolute Gasteiger partial charge is 0.344 e. The maximum atomic E-state index is 12.3. The molecule has 2 aromatic rings. The summed E-state index contributed by atoms with van der Waals surface area (Å²) in [5, 5.41) is 25.1. The van der Waals surface area contributed by atoms with Crippen molar-refractivity contribution in [3.63, 3.8) is 0 Å². The van der Waals surface area contributed by atoms with E-state index >= 15 is 0 Å². The molecule has 1 aromatic carbocycles. The van der Waals surface area contributed by atoms with Gasteiger partial charge in [0, 0.05) is 24.5 Å². The van der Waals surface area contributed by atoms with Gasteiger partial charge in [-0.2, -0.15) is 0 Å². The summed E-state index contributed by atoms with van der Waals surface area (Å²) in [5.41, 5.74) is 0.888. The van der Waals surface area contributed by atoms with Gasteiger partial charge in [-0.05, 0) is 25.3 Å². The van der Waals surface area contributed by atoms with Crippen LogP contribution in [-0.2, 0) is 16.0 Å². The molecule has 0 spiro atoms. The van der Waals surface area contributed by atoms with Crippen LogP contribution in [0.2, 0.25) is 0 Å². The topological polar surface area (TPSA) is 127 Å². The summed E-state index contributed by atoms with van der Waals surface area (Å²) >= 11 is 1.23. The number of carbonyl (C=O) groups is 2. The average Bonchev–Trinajstić information content (AvgIpc) is 3.34. The molecule has 9 nitrogen and oxygen atoms in total. The number of anilines is 1. The minimum Gasteiger partial charge on any atom is -0.344 e. The molecule has 2 amide bonds. The Hall–Kier alpha value is -2.88. The second kappa shape index (κ2) is 8.87. The lowest BCUT2D eigenvalue weighted by molar-refractivity contribution is -0.384. The molecule has 1 saturated carbocycles. The molecule has 10 heteroatoms. The summed E-state index contributed by atoms with van der Waals surface area (Å²) in [6.45, 7) is 1.64. The van der Waals surface area contributed by atoms with Crippen LogP contribution in [-0.4, -0.2) is 33.0 Å². The zero-order valence-electron chi connectivity index (χ0n) is 15.4. The molecule has 1 heterocycles. The lowest BCUT2D eigenvalue weighted by Gasteiger charge is -2.15. The van der Waals surface area contributed by atoms with E-state index < -0.39 is 11.0 Å². The third kappa shape index (κ3) is 5.10. The van der Waals surface area contributed by atoms with E-state index in [9.17, 15) is 19.7 Å². The van der Waals surface area contributed by atoms with Crippen molar-refractivity contribution < 1.29 is 14.5 Å². The molecule has 28 heavy (non-hydrogen) atoms. The summed E-state index contributed by atoms with van der Waals surface area (Å²) in [6, 6.07) is 5.55. The van der Waals surface area contributed by atoms with E-state index in [0.29, 0.717) is 16.6 Å². The van der Waals surface area contributed by atoms with Gasteiger partial charge >= 0.3 is 0 Å². The Bertz CT molecular complexity index is 861. The van der Waals surface area contributed by atoms with Crippen LogP contribution in [0.1, 0.15) is 43.2 Å². The lowest BCUT2D eigenvalue weighted by atomic mass is 10.1. The number of nitro benzene ring substituents is 1. The molecule has 1 aliphatic rings. The average molecular weight is 403 g/mol. The summed E-state index contributed by atoms with van der Waals surface area (Å²) in [5.74, 6) is -0.411. The van der Waals surface area contributed by atoms with Gasteiger partial charge in [0.05, 0.1) is 4.92 Å². The van der Waals surface area contributed by atoms with Gasteiger partial charge in [0.1, 0.15) is 11.0 Å². The van der Waals surface area contributed by atoms with Gasteiger partial charge in [0.25, 0.3) is 5.69 Å². The number of benzene rings is 1. The van der Waals surface area contributed by atoms with Gasteiger partial charge in [-0.25, -0.2) is 0 Å². The number of non-ortho nitro benzene ring substituents is 1. The first-order valence-electron chi connectivity index (χ1n) is 9.09. The van der Waals surface area contributed by atoms with Crippen molar-refractivity contribution in [1.29, 1.82) is 0 Å². The fourth-order valence-electron chi connectivity index (χ4n) is 3.08. The molecule has 1 unspecified atom stereocenters. The van der Waals surface area contributed by atoms with Crippen molar-refractivity contribution in [1.82, 2.24) is 15.5 Å². The Balaban J connectivity index is 1.52. The highest BCUT2D eigenvalue weighted by Gasteiger charge is 2.25. The van der Waals surface area contributed by atoms with E-state index in [1.54, 1.807) is 19.1 Å². The van der Waals surface area contributed by atoms with Crippen LogP contribution < -0.4 is 10.6 Å². The van der Waals surface area contributed by atoms with Crippen molar-refractivity contribution in [2.45, 2.75) is 45.1 Å². The van der Waals surface area contributed by atoms with Crippen molar-refractivity contribution in [3.8, 4) is 0 Å². The number of hydrogen-bond acceptors (Lipinski definition) is 7. The van der Waals surface area contributed by atoms with Gasteiger partial charge in [0.15, 0.2) is 0 Å². The van der Waals surface area contributed by atoms with Gasteiger partial charge in [-0.3, -0.25) is 25.0 Å². The summed E-state index contributed by atoms with van der Waals surface area (Å²) in [4.78, 5) is 34.7. The first-order chi connectivity index (χ1) is 13.4. The monoisotopic (exact) mass is 403 g/mol. The predicted molar refractivity (Wildman–Crippen MR) is 104 cm³/mol. The number of nitrogens with one attached hydrogen (secondary N) is 2. The second-order valence-corrected chi connectivity index (χ2v) is 7.86. The molecular formula is C18H21N5O4S. The van der Waals surface area contributed by atoms with Crippen LogP contribution in [0.15, 0.2) is 24.3 Å². The van der Waals surface area contributed by atoms with E-state index in [1.807, 2.05) is 0 Å². The van der Waals surface area contributed by atoms with E-state index in [0.717, 1.165) is 31.2 Å². The van der Waals surface area contributed by atoms with Crippen molar-refractivity contribution >= 4 is 34.0 Å². The lowest BCUT2D eigenvalue weighted by Crippen LogP contribution is -2.43. The normalized spacial score (nSPS) is 15.2. The summed E-state index contributed by atoms with van der Waals surface area (Å²) in [6.07, 6.45) is 4.33. The van der Waals surface area contributed by atoms with E-state index in [1.165, 1.54) is 23.5 Å². The minimum absolute atomic E-state index is 0.00470. The Morgan fingerprint density at radius 1 is 1.25 bits per heavy atom. The first kappa shape index (κ1) is 19.9. The van der Waals surface area contributed by atoms with Crippen LogP contribution in [0.4, 0.5) is 10.8 Å². The Labute approximate surface area is 165 Å². The van der Waals surface area contributed by atoms with E-state index in [-0.39, 0.29) is 23.4 Å². The highest BCUT2D eigenvalue weighted by molar-refractivity contribution is 7.15. The zero-order chi connectivity index (χ0) is 20.1. The van der Waals surface area contributed by atoms with Crippen molar-refractivity contribution in [2.75, 3.05) is 5.32 Å². The molecule has 0 saturated heterocycles. The maximum Gasteiger partial charge on any atom is 0.269 e. The van der Waals surface area contributed by atoms with Gasteiger partial charge in [-0.1, -0.05) is 36.3 Å². The number of hydrogen-bond donors (Lipinski definition) is 2. The second-order valence-electron chi connectivity index (χ2n) is 6.80. The first-order valence-corrected chi connectivity index (χ1v) is 9.91. The van der Waals surface area contributed by atoms with Crippen LogP contribution in [0.3, 0.4) is 0 Å². The molecule has 0 bridgehead atoms. The molecule has 0 radical (unpaired) electrons. The molecule has 1 aliphatic carbocycles. The van der Waals surface area contributed by atoms with Gasteiger partial charge < -0.3 is 5.32 Å². The molecule has 148 valence electrons. The number of nitrogens with zero attached hydrogens (tertiary/aromatic N) is 3. The molecule has 1 fully saturated rings. The van der Waals surface area contributed by atoms with Crippen LogP contribution in [0, 0.1) is 16.0 Å². The number of nitro groups is 1. The molecule has 1 aromatic heterocycles. The molecule has 1 atom stereocenters. The highest BCUT2D eigenvalue weighted by atomic mass is 32.1. The molecule has 3 rings (SSSR count). The molecular weight excluding hydrogens is 382 g/mol. The number of aromatic nitrogens is 2. The van der Waals surface area contributed by atoms with E-state index in [2.05, 4.69) is 20.8 Å². The van der Waals surface area contributed by atoms with Gasteiger partial charge in [0.2, 0.25) is 16.9 Å². The summed E-state index contributed by atoms with van der Waals surface area (Å²) in [7, 11) is 0. The number of carbonyl (C=O) groups excluding carboxylic acids is 2. The fraction of sp³-hybridized carbons (Fsp3) is 0.444. The third-order valence-electron chi connectivity index (χ3n) is 4.68. The Morgan fingerprint density at radius 2 is 1.93 bits per heavy atom. The van der Waals surface area contributed by atoms with Crippen LogP contribution in [0.5, 0.6) is 0 Å². The standard InChI is InChI=1S/C18H21N5O4S/c1-11(19-17(25)13-4-2-3-5-13)16(24)20-18-22-21-15(28-18)10-12-6-8-14(9-7-12)23(26)27/h6-9,11,13H,2-5,10H2,1H3,(H,19,25)(H,20,22,24). The van der Waals surface area contributed by atoms with Crippen LogP contribution in [0.25, 0.3) is 0 Å². The Kier molecular flexibility index (Phi) is 6.30.